The van der Waals surface area contributed by atoms with Crippen LogP contribution < -0.4 is 0 Å². The highest BCUT2D eigenvalue weighted by atomic mass is 19.1. The van der Waals surface area contributed by atoms with Gasteiger partial charge in [-0.15, -0.1) is 0 Å². The third-order valence-corrected chi connectivity index (χ3v) is 5.71. The molecular formula is C23H26FN3O. The monoisotopic (exact) mass is 379 g/mol. The van der Waals surface area contributed by atoms with E-state index in [1.54, 1.807) is 12.1 Å². The average Bonchev–Trinajstić information content (AvgIpc) is 3.04. The van der Waals surface area contributed by atoms with Crippen LogP contribution in [0.1, 0.15) is 43.1 Å². The van der Waals surface area contributed by atoms with Crippen molar-refractivity contribution in [3.05, 3.63) is 65.7 Å². The van der Waals surface area contributed by atoms with Gasteiger partial charge < -0.3 is 9.47 Å². The second-order valence-electron chi connectivity index (χ2n) is 7.61. The zero-order valence-electron chi connectivity index (χ0n) is 16.3. The minimum Gasteiger partial charge on any atom is -0.343 e. The van der Waals surface area contributed by atoms with Crippen LogP contribution in [0.15, 0.2) is 48.5 Å². The standard InChI is InChI=1S/C23H26FN3O/c1-17-25-21-11-10-19(24)16-22(21)27(17)20-12-14-26(15-13-20)23(28)9-5-8-18-6-3-2-4-7-18/h2-4,6-7,10-11,16,20H,5,8-9,12-15H2,1H3. The molecule has 146 valence electrons. The van der Waals surface area contributed by atoms with E-state index in [0.29, 0.717) is 6.42 Å². The van der Waals surface area contributed by atoms with Crippen molar-refractivity contribution in [3.8, 4) is 0 Å². The van der Waals surface area contributed by atoms with Gasteiger partial charge in [0.1, 0.15) is 11.6 Å². The highest BCUT2D eigenvalue weighted by Gasteiger charge is 2.25. The van der Waals surface area contributed by atoms with Crippen LogP contribution in [0.5, 0.6) is 0 Å². The molecule has 0 unspecified atom stereocenters. The number of piperidine rings is 1. The molecule has 0 saturated carbocycles. The molecule has 1 aliphatic rings. The molecule has 28 heavy (non-hydrogen) atoms. The summed E-state index contributed by atoms with van der Waals surface area (Å²) in [5, 5.41) is 0. The largest absolute Gasteiger partial charge is 0.343 e. The molecule has 0 radical (unpaired) electrons. The number of likely N-dealkylation sites (tertiary alicyclic amines) is 1. The quantitative estimate of drug-likeness (QED) is 0.646. The smallest absolute Gasteiger partial charge is 0.222 e. The molecule has 3 aromatic rings. The van der Waals surface area contributed by atoms with Gasteiger partial charge >= 0.3 is 0 Å². The van der Waals surface area contributed by atoms with Crippen LogP contribution in [0, 0.1) is 12.7 Å². The molecule has 1 amide bonds. The van der Waals surface area contributed by atoms with Crippen molar-refractivity contribution in [1.82, 2.24) is 14.5 Å². The zero-order chi connectivity index (χ0) is 19.5. The minimum absolute atomic E-state index is 0.236. The van der Waals surface area contributed by atoms with Crippen LogP contribution in [0.2, 0.25) is 0 Å². The number of imidazole rings is 1. The van der Waals surface area contributed by atoms with E-state index >= 15 is 0 Å². The van der Waals surface area contributed by atoms with Crippen LogP contribution in [-0.4, -0.2) is 33.4 Å². The van der Waals surface area contributed by atoms with Crippen molar-refractivity contribution in [3.63, 3.8) is 0 Å². The lowest BCUT2D eigenvalue weighted by Crippen LogP contribution is -2.39. The number of halogens is 1. The first kappa shape index (κ1) is 18.7. The van der Waals surface area contributed by atoms with Crippen LogP contribution >= 0.6 is 0 Å². The second kappa shape index (κ2) is 8.13. The minimum atomic E-state index is -0.236. The summed E-state index contributed by atoms with van der Waals surface area (Å²) < 4.78 is 15.9. The number of carbonyl (C=O) groups excluding carboxylic acids is 1. The highest BCUT2D eigenvalue weighted by Crippen LogP contribution is 2.29. The number of rotatable bonds is 5. The first-order valence-electron chi connectivity index (χ1n) is 10.1. The molecule has 0 spiro atoms. The fraction of sp³-hybridized carbons (Fsp3) is 0.391. The molecule has 1 saturated heterocycles. The topological polar surface area (TPSA) is 38.1 Å². The summed E-state index contributed by atoms with van der Waals surface area (Å²) >= 11 is 0. The SMILES string of the molecule is Cc1nc2ccc(F)cc2n1C1CCN(C(=O)CCCc2ccccc2)CC1. The molecule has 1 aromatic heterocycles. The van der Waals surface area contributed by atoms with Crippen molar-refractivity contribution in [2.24, 2.45) is 0 Å². The number of nitrogens with zero attached hydrogens (tertiary/aromatic N) is 3. The maximum atomic E-state index is 13.7. The van der Waals surface area contributed by atoms with Crippen LogP contribution in [0.3, 0.4) is 0 Å². The Morgan fingerprint density at radius 2 is 1.89 bits per heavy atom. The summed E-state index contributed by atoms with van der Waals surface area (Å²) in [6, 6.07) is 15.3. The Labute approximate surface area is 165 Å². The lowest BCUT2D eigenvalue weighted by Gasteiger charge is -2.33. The van der Waals surface area contributed by atoms with E-state index in [4.69, 9.17) is 0 Å². The molecule has 2 aromatic carbocycles. The number of benzene rings is 2. The van der Waals surface area contributed by atoms with E-state index < -0.39 is 0 Å². The van der Waals surface area contributed by atoms with Crippen molar-refractivity contribution in [1.29, 1.82) is 0 Å². The van der Waals surface area contributed by atoms with Gasteiger partial charge in [0.05, 0.1) is 11.0 Å². The molecule has 1 fully saturated rings. The first-order chi connectivity index (χ1) is 13.6. The second-order valence-corrected chi connectivity index (χ2v) is 7.61. The van der Waals surface area contributed by atoms with Crippen LogP contribution in [0.25, 0.3) is 11.0 Å². The van der Waals surface area contributed by atoms with E-state index in [2.05, 4.69) is 21.7 Å². The van der Waals surface area contributed by atoms with Gasteiger partial charge in [0.15, 0.2) is 0 Å². The number of hydrogen-bond acceptors (Lipinski definition) is 2. The first-order valence-corrected chi connectivity index (χ1v) is 10.1. The van der Waals surface area contributed by atoms with E-state index in [9.17, 15) is 9.18 Å². The van der Waals surface area contributed by atoms with Gasteiger partial charge in [-0.05, 0) is 56.4 Å². The lowest BCUT2D eigenvalue weighted by atomic mass is 10.0. The van der Waals surface area contributed by atoms with Gasteiger partial charge in [-0.25, -0.2) is 9.37 Å². The average molecular weight is 379 g/mol. The molecule has 0 aliphatic carbocycles. The summed E-state index contributed by atoms with van der Waals surface area (Å²) in [5.74, 6) is 0.917. The zero-order valence-corrected chi connectivity index (χ0v) is 16.3. The number of hydrogen-bond donors (Lipinski definition) is 0. The molecule has 5 heteroatoms. The molecule has 2 heterocycles. The Morgan fingerprint density at radius 3 is 2.64 bits per heavy atom. The van der Waals surface area contributed by atoms with Gasteiger partial charge in [-0.3, -0.25) is 4.79 Å². The van der Waals surface area contributed by atoms with Gasteiger partial charge in [0, 0.05) is 25.6 Å². The van der Waals surface area contributed by atoms with E-state index in [1.807, 2.05) is 30.0 Å². The maximum Gasteiger partial charge on any atom is 0.222 e. The Kier molecular flexibility index (Phi) is 5.42. The summed E-state index contributed by atoms with van der Waals surface area (Å²) in [6.45, 7) is 3.48. The fourth-order valence-corrected chi connectivity index (χ4v) is 4.27. The molecule has 4 nitrogen and oxygen atoms in total. The summed E-state index contributed by atoms with van der Waals surface area (Å²) in [4.78, 5) is 19.1. The Morgan fingerprint density at radius 1 is 1.14 bits per heavy atom. The lowest BCUT2D eigenvalue weighted by molar-refractivity contribution is -0.132. The van der Waals surface area contributed by atoms with Crippen molar-refractivity contribution in [2.45, 2.75) is 45.1 Å². The molecule has 4 rings (SSSR count). The Bertz CT molecular complexity index is 959. The number of aryl methyl sites for hydroxylation is 2. The van der Waals surface area contributed by atoms with Crippen molar-refractivity contribution < 1.29 is 9.18 Å². The van der Waals surface area contributed by atoms with Crippen LogP contribution in [-0.2, 0) is 11.2 Å². The predicted molar refractivity (Wildman–Crippen MR) is 109 cm³/mol. The Balaban J connectivity index is 1.34. The fourth-order valence-electron chi connectivity index (χ4n) is 4.27. The van der Waals surface area contributed by atoms with Gasteiger partial charge in [-0.1, -0.05) is 30.3 Å². The van der Waals surface area contributed by atoms with Gasteiger partial charge in [0.2, 0.25) is 5.91 Å². The Hall–Kier alpha value is -2.69. The number of carbonyl (C=O) groups is 1. The van der Waals surface area contributed by atoms with Crippen LogP contribution in [0.4, 0.5) is 4.39 Å². The summed E-state index contributed by atoms with van der Waals surface area (Å²) in [5.41, 5.74) is 2.96. The molecule has 0 atom stereocenters. The summed E-state index contributed by atoms with van der Waals surface area (Å²) in [6.07, 6.45) is 4.18. The summed E-state index contributed by atoms with van der Waals surface area (Å²) in [7, 11) is 0. The van der Waals surface area contributed by atoms with E-state index in [0.717, 1.165) is 55.6 Å². The normalized spacial score (nSPS) is 15.3. The third-order valence-electron chi connectivity index (χ3n) is 5.71. The molecule has 1 aliphatic heterocycles. The van der Waals surface area contributed by atoms with Gasteiger partial charge in [-0.2, -0.15) is 0 Å². The predicted octanol–water partition coefficient (Wildman–Crippen LogP) is 4.67. The molecular weight excluding hydrogens is 353 g/mol. The number of amides is 1. The molecule has 0 bridgehead atoms. The molecule has 0 N–H and O–H groups in total. The number of aromatic nitrogens is 2. The van der Waals surface area contributed by atoms with Crippen molar-refractivity contribution >= 4 is 16.9 Å². The van der Waals surface area contributed by atoms with Crippen molar-refractivity contribution in [2.75, 3.05) is 13.1 Å². The van der Waals surface area contributed by atoms with E-state index in [1.165, 1.54) is 11.6 Å². The van der Waals surface area contributed by atoms with E-state index in [-0.39, 0.29) is 17.8 Å². The highest BCUT2D eigenvalue weighted by molar-refractivity contribution is 5.77. The number of fused-ring (bicyclic) bond motifs is 1. The van der Waals surface area contributed by atoms with Gasteiger partial charge in [0.25, 0.3) is 0 Å². The maximum absolute atomic E-state index is 13.7. The third kappa shape index (κ3) is 3.93.